The van der Waals surface area contributed by atoms with E-state index in [0.717, 1.165) is 12.8 Å². The molecule has 1 aromatic carbocycles. The quantitative estimate of drug-likeness (QED) is 0.657. The van der Waals surface area contributed by atoms with Crippen molar-refractivity contribution in [2.24, 2.45) is 0 Å². The van der Waals surface area contributed by atoms with E-state index in [9.17, 15) is 0 Å². The highest BCUT2D eigenvalue weighted by atomic mass is 16.5. The highest BCUT2D eigenvalue weighted by Gasteiger charge is 1.95. The molecule has 1 radical (unpaired) electrons. The van der Waals surface area contributed by atoms with Gasteiger partial charge in [0.05, 0.1) is 18.2 Å². The van der Waals surface area contributed by atoms with Gasteiger partial charge in [-0.15, -0.1) is 0 Å². The third-order valence-corrected chi connectivity index (χ3v) is 1.66. The first-order valence-electron chi connectivity index (χ1n) is 4.41. The van der Waals surface area contributed by atoms with Crippen LogP contribution >= 0.6 is 0 Å². The number of hydrogen-bond donors (Lipinski definition) is 0. The molecular formula is C11H12NO. The van der Waals surface area contributed by atoms with Gasteiger partial charge in [0, 0.05) is 6.07 Å². The van der Waals surface area contributed by atoms with Crippen molar-refractivity contribution in [2.45, 2.75) is 19.8 Å². The second-order valence-corrected chi connectivity index (χ2v) is 2.76. The summed E-state index contributed by atoms with van der Waals surface area (Å²) < 4.78 is 5.38. The van der Waals surface area contributed by atoms with Crippen molar-refractivity contribution >= 4 is 0 Å². The van der Waals surface area contributed by atoms with Gasteiger partial charge >= 0.3 is 0 Å². The van der Waals surface area contributed by atoms with E-state index in [1.54, 1.807) is 18.2 Å². The minimum absolute atomic E-state index is 0.616. The molecule has 0 unspecified atom stereocenters. The van der Waals surface area contributed by atoms with Crippen molar-refractivity contribution in [2.75, 3.05) is 6.61 Å². The highest BCUT2D eigenvalue weighted by molar-refractivity contribution is 5.35. The lowest BCUT2D eigenvalue weighted by molar-refractivity contribution is 0.308. The molecule has 0 atom stereocenters. The largest absolute Gasteiger partial charge is 0.493 e. The Labute approximate surface area is 78.8 Å². The van der Waals surface area contributed by atoms with Gasteiger partial charge in [-0.1, -0.05) is 13.3 Å². The fourth-order valence-electron chi connectivity index (χ4n) is 0.924. The fourth-order valence-corrected chi connectivity index (χ4v) is 0.924. The molecule has 0 N–H and O–H groups in total. The van der Waals surface area contributed by atoms with Gasteiger partial charge in [0.1, 0.15) is 5.75 Å². The number of hydrogen-bond acceptors (Lipinski definition) is 2. The van der Waals surface area contributed by atoms with Crippen LogP contribution in [0.4, 0.5) is 0 Å². The second-order valence-electron chi connectivity index (χ2n) is 2.76. The van der Waals surface area contributed by atoms with E-state index < -0.39 is 0 Å². The van der Waals surface area contributed by atoms with Crippen LogP contribution in [0.3, 0.4) is 0 Å². The summed E-state index contributed by atoms with van der Waals surface area (Å²) in [5.41, 5.74) is 0.616. The molecule has 0 saturated carbocycles. The average molecular weight is 174 g/mol. The van der Waals surface area contributed by atoms with Crippen LogP contribution in [0.15, 0.2) is 18.2 Å². The van der Waals surface area contributed by atoms with Gasteiger partial charge < -0.3 is 4.74 Å². The van der Waals surface area contributed by atoms with E-state index >= 15 is 0 Å². The molecule has 0 spiro atoms. The third kappa shape index (κ3) is 3.16. The van der Waals surface area contributed by atoms with Crippen LogP contribution in [-0.4, -0.2) is 6.61 Å². The Morgan fingerprint density at radius 3 is 3.15 bits per heavy atom. The molecule has 0 aromatic heterocycles. The number of benzene rings is 1. The monoisotopic (exact) mass is 174 g/mol. The molecule has 67 valence electrons. The molecular weight excluding hydrogens is 162 g/mol. The van der Waals surface area contributed by atoms with Crippen LogP contribution in [0.25, 0.3) is 0 Å². The minimum Gasteiger partial charge on any atom is -0.493 e. The van der Waals surface area contributed by atoms with Crippen LogP contribution in [0.1, 0.15) is 25.3 Å². The predicted octanol–water partition coefficient (Wildman–Crippen LogP) is 2.54. The Balaban J connectivity index is 2.52. The van der Waals surface area contributed by atoms with E-state index in [0.29, 0.717) is 17.9 Å². The van der Waals surface area contributed by atoms with Gasteiger partial charge in [-0.05, 0) is 24.6 Å². The van der Waals surface area contributed by atoms with Crippen LogP contribution in [0.5, 0.6) is 5.75 Å². The molecule has 0 amide bonds. The lowest BCUT2D eigenvalue weighted by Gasteiger charge is -2.03. The fraction of sp³-hybridized carbons (Fsp3) is 0.364. The zero-order chi connectivity index (χ0) is 9.52. The predicted molar refractivity (Wildman–Crippen MR) is 50.4 cm³/mol. The molecule has 0 aliphatic heterocycles. The molecule has 0 saturated heterocycles. The standard InChI is InChI=1S/C11H12NO/c1-2-3-7-13-11-6-4-5-10(8-11)9-12/h4-5,8H,2-3,7H2,1H3. The molecule has 0 aliphatic rings. The van der Waals surface area contributed by atoms with Crippen molar-refractivity contribution in [1.29, 1.82) is 5.26 Å². The Hall–Kier alpha value is -1.49. The molecule has 2 nitrogen and oxygen atoms in total. The molecule has 0 aliphatic carbocycles. The van der Waals surface area contributed by atoms with Gasteiger partial charge in [0.15, 0.2) is 0 Å². The molecule has 0 bridgehead atoms. The van der Waals surface area contributed by atoms with E-state index in [1.807, 2.05) is 0 Å². The van der Waals surface area contributed by atoms with Gasteiger partial charge in [-0.2, -0.15) is 5.26 Å². The number of nitrogens with zero attached hydrogens (tertiary/aromatic N) is 1. The Bertz CT molecular complexity index is 301. The molecule has 13 heavy (non-hydrogen) atoms. The molecule has 0 fully saturated rings. The zero-order valence-corrected chi connectivity index (χ0v) is 7.71. The van der Waals surface area contributed by atoms with Crippen molar-refractivity contribution in [3.05, 3.63) is 29.8 Å². The number of ether oxygens (including phenoxy) is 1. The lowest BCUT2D eigenvalue weighted by atomic mass is 10.2. The van der Waals surface area contributed by atoms with E-state index in [-0.39, 0.29) is 0 Å². The topological polar surface area (TPSA) is 33.0 Å². The molecule has 1 rings (SSSR count). The van der Waals surface area contributed by atoms with E-state index in [1.165, 1.54) is 0 Å². The first-order valence-corrected chi connectivity index (χ1v) is 4.41. The van der Waals surface area contributed by atoms with Crippen LogP contribution < -0.4 is 4.74 Å². The summed E-state index contributed by atoms with van der Waals surface area (Å²) in [5, 5.41) is 8.61. The summed E-state index contributed by atoms with van der Waals surface area (Å²) in [7, 11) is 0. The van der Waals surface area contributed by atoms with Crippen molar-refractivity contribution in [3.63, 3.8) is 0 Å². The van der Waals surface area contributed by atoms with Gasteiger partial charge in [-0.25, -0.2) is 0 Å². The number of rotatable bonds is 4. The Morgan fingerprint density at radius 2 is 2.46 bits per heavy atom. The Morgan fingerprint density at radius 1 is 1.62 bits per heavy atom. The summed E-state index contributed by atoms with van der Waals surface area (Å²) in [6.45, 7) is 2.81. The molecule has 1 aromatic rings. The normalized spacial score (nSPS) is 9.23. The zero-order valence-electron chi connectivity index (χ0n) is 7.71. The maximum absolute atomic E-state index is 8.61. The summed E-state index contributed by atoms with van der Waals surface area (Å²) in [5.74, 6) is 0.660. The minimum atomic E-state index is 0.616. The second kappa shape index (κ2) is 5.21. The van der Waals surface area contributed by atoms with Crippen LogP contribution in [-0.2, 0) is 0 Å². The maximum atomic E-state index is 8.61. The smallest absolute Gasteiger partial charge is 0.128 e. The Kier molecular flexibility index (Phi) is 3.84. The average Bonchev–Trinajstić information content (AvgIpc) is 2.19. The molecule has 2 heteroatoms. The lowest BCUT2D eigenvalue weighted by Crippen LogP contribution is -1.96. The summed E-state index contributed by atoms with van der Waals surface area (Å²) in [4.78, 5) is 0. The summed E-state index contributed by atoms with van der Waals surface area (Å²) >= 11 is 0. The van der Waals surface area contributed by atoms with Gasteiger partial charge in [-0.3, -0.25) is 0 Å². The summed E-state index contributed by atoms with van der Waals surface area (Å²) in [6, 6.07) is 10.1. The third-order valence-electron chi connectivity index (χ3n) is 1.66. The van der Waals surface area contributed by atoms with Gasteiger partial charge in [0.2, 0.25) is 0 Å². The van der Waals surface area contributed by atoms with E-state index in [4.69, 9.17) is 10.00 Å². The van der Waals surface area contributed by atoms with Crippen LogP contribution in [0, 0.1) is 17.4 Å². The SMILES string of the molecule is CCCCOc1[c]ccc(C#N)c1. The molecule has 0 heterocycles. The van der Waals surface area contributed by atoms with E-state index in [2.05, 4.69) is 19.1 Å². The summed E-state index contributed by atoms with van der Waals surface area (Å²) in [6.07, 6.45) is 2.14. The van der Waals surface area contributed by atoms with Crippen LogP contribution in [0.2, 0.25) is 0 Å². The maximum Gasteiger partial charge on any atom is 0.128 e. The van der Waals surface area contributed by atoms with Gasteiger partial charge in [0.25, 0.3) is 0 Å². The van der Waals surface area contributed by atoms with Crippen molar-refractivity contribution in [1.82, 2.24) is 0 Å². The first kappa shape index (κ1) is 9.60. The highest BCUT2D eigenvalue weighted by Crippen LogP contribution is 2.11. The van der Waals surface area contributed by atoms with Crippen molar-refractivity contribution < 1.29 is 4.74 Å². The van der Waals surface area contributed by atoms with Crippen molar-refractivity contribution in [3.8, 4) is 11.8 Å². The number of unbranched alkanes of at least 4 members (excludes halogenated alkanes) is 1. The first-order chi connectivity index (χ1) is 6.36. The number of nitriles is 1.